The molecule has 4 nitrogen and oxygen atoms in total. The number of unbranched alkanes of at least 4 members (excludes halogenated alkanes) is 1. The van der Waals surface area contributed by atoms with E-state index < -0.39 is 0 Å². The maximum Gasteiger partial charge on any atom is 0.222 e. The summed E-state index contributed by atoms with van der Waals surface area (Å²) in [5.41, 5.74) is 0. The van der Waals surface area contributed by atoms with Crippen molar-refractivity contribution < 1.29 is 4.74 Å². The summed E-state index contributed by atoms with van der Waals surface area (Å²) in [6.45, 7) is 4.70. The largest absolute Gasteiger partial charge is 0.381 e. The number of anilines is 1. The lowest BCUT2D eigenvalue weighted by Gasteiger charge is -2.04. The van der Waals surface area contributed by atoms with Crippen LogP contribution in [0.2, 0.25) is 0 Å². The molecule has 0 atom stereocenters. The third-order valence-electron chi connectivity index (χ3n) is 1.96. The Balaban J connectivity index is 1.93. The van der Waals surface area contributed by atoms with Crippen LogP contribution in [0, 0.1) is 0 Å². The van der Waals surface area contributed by atoms with E-state index in [0.717, 1.165) is 32.6 Å². The first-order valence-electron chi connectivity index (χ1n) is 5.52. The first-order valence-corrected chi connectivity index (χ1v) is 5.52. The molecule has 4 heteroatoms. The minimum absolute atomic E-state index is 0.686. The van der Waals surface area contributed by atoms with Crippen LogP contribution in [0.4, 0.5) is 5.95 Å². The van der Waals surface area contributed by atoms with Gasteiger partial charge in [0, 0.05) is 32.2 Å². The van der Waals surface area contributed by atoms with E-state index in [1.54, 1.807) is 18.5 Å². The van der Waals surface area contributed by atoms with E-state index in [-0.39, 0.29) is 0 Å². The van der Waals surface area contributed by atoms with Gasteiger partial charge in [0.05, 0.1) is 0 Å². The molecular weight excluding hydrogens is 190 g/mol. The highest BCUT2D eigenvalue weighted by Gasteiger charge is 1.92. The van der Waals surface area contributed by atoms with Gasteiger partial charge in [0.15, 0.2) is 0 Å². The summed E-state index contributed by atoms with van der Waals surface area (Å²) in [4.78, 5) is 8.13. The number of nitrogens with zero attached hydrogens (tertiary/aromatic N) is 2. The normalized spacial score (nSPS) is 10.2. The molecule has 1 N–H and O–H groups in total. The number of nitrogens with one attached hydrogen (secondary N) is 1. The fourth-order valence-electron chi connectivity index (χ4n) is 1.11. The van der Waals surface area contributed by atoms with Crippen molar-refractivity contribution in [3.8, 4) is 0 Å². The van der Waals surface area contributed by atoms with Crippen LogP contribution in [-0.4, -0.2) is 29.7 Å². The molecular formula is C11H19N3O. The summed E-state index contributed by atoms with van der Waals surface area (Å²) in [6.07, 6.45) is 6.79. The van der Waals surface area contributed by atoms with Gasteiger partial charge in [0.2, 0.25) is 5.95 Å². The van der Waals surface area contributed by atoms with Crippen molar-refractivity contribution in [2.75, 3.05) is 25.1 Å². The van der Waals surface area contributed by atoms with Gasteiger partial charge in [-0.05, 0) is 18.9 Å². The van der Waals surface area contributed by atoms with E-state index in [1.807, 2.05) is 0 Å². The fraction of sp³-hybridized carbons (Fsp3) is 0.636. The van der Waals surface area contributed by atoms with Crippen LogP contribution >= 0.6 is 0 Å². The molecule has 0 saturated carbocycles. The average molecular weight is 209 g/mol. The van der Waals surface area contributed by atoms with Crippen LogP contribution in [-0.2, 0) is 4.74 Å². The fourth-order valence-corrected chi connectivity index (χ4v) is 1.11. The molecule has 1 aromatic heterocycles. The van der Waals surface area contributed by atoms with Crippen molar-refractivity contribution in [1.82, 2.24) is 9.97 Å². The summed E-state index contributed by atoms with van der Waals surface area (Å²) < 4.78 is 5.43. The molecule has 0 saturated heterocycles. The SMILES string of the molecule is CCCCOCCCNc1ncccn1. The van der Waals surface area contributed by atoms with Gasteiger partial charge in [-0.25, -0.2) is 9.97 Å². The van der Waals surface area contributed by atoms with E-state index >= 15 is 0 Å². The van der Waals surface area contributed by atoms with Crippen LogP contribution < -0.4 is 5.32 Å². The first kappa shape index (κ1) is 11.9. The summed E-state index contributed by atoms with van der Waals surface area (Å²) in [5, 5.41) is 3.13. The molecule has 1 heterocycles. The Labute approximate surface area is 91.1 Å². The minimum Gasteiger partial charge on any atom is -0.381 e. The van der Waals surface area contributed by atoms with Crippen molar-refractivity contribution in [3.63, 3.8) is 0 Å². The zero-order chi connectivity index (χ0) is 10.8. The number of rotatable bonds is 8. The molecule has 0 bridgehead atoms. The quantitative estimate of drug-likeness (QED) is 0.666. The number of ether oxygens (including phenoxy) is 1. The Hall–Kier alpha value is -1.16. The smallest absolute Gasteiger partial charge is 0.222 e. The van der Waals surface area contributed by atoms with Crippen molar-refractivity contribution in [2.45, 2.75) is 26.2 Å². The monoisotopic (exact) mass is 209 g/mol. The zero-order valence-electron chi connectivity index (χ0n) is 9.28. The van der Waals surface area contributed by atoms with Gasteiger partial charge in [-0.1, -0.05) is 13.3 Å². The zero-order valence-corrected chi connectivity index (χ0v) is 9.28. The van der Waals surface area contributed by atoms with Crippen LogP contribution in [0.1, 0.15) is 26.2 Å². The van der Waals surface area contributed by atoms with Gasteiger partial charge < -0.3 is 10.1 Å². The molecule has 0 aliphatic rings. The second-order valence-corrected chi connectivity index (χ2v) is 3.32. The van der Waals surface area contributed by atoms with Crippen LogP contribution in [0.5, 0.6) is 0 Å². The molecule has 0 radical (unpaired) electrons. The highest BCUT2D eigenvalue weighted by atomic mass is 16.5. The molecule has 0 aromatic carbocycles. The Morgan fingerprint density at radius 1 is 1.20 bits per heavy atom. The molecule has 1 aromatic rings. The maximum absolute atomic E-state index is 5.43. The molecule has 0 fully saturated rings. The lowest BCUT2D eigenvalue weighted by Crippen LogP contribution is -2.08. The standard InChI is InChI=1S/C11H19N3O/c1-2-3-9-15-10-5-8-14-11-12-6-4-7-13-11/h4,6-7H,2-3,5,8-10H2,1H3,(H,12,13,14). The molecule has 15 heavy (non-hydrogen) atoms. The lowest BCUT2D eigenvalue weighted by atomic mass is 10.4. The number of hydrogen-bond acceptors (Lipinski definition) is 4. The van der Waals surface area contributed by atoms with Gasteiger partial charge in [0.25, 0.3) is 0 Å². The summed E-state index contributed by atoms with van der Waals surface area (Å²) in [7, 11) is 0. The topological polar surface area (TPSA) is 47.0 Å². The molecule has 0 amide bonds. The van der Waals surface area contributed by atoms with E-state index in [0.29, 0.717) is 5.95 Å². The minimum atomic E-state index is 0.686. The molecule has 0 spiro atoms. The summed E-state index contributed by atoms with van der Waals surface area (Å²) in [6, 6.07) is 1.80. The van der Waals surface area contributed by atoms with Crippen molar-refractivity contribution in [3.05, 3.63) is 18.5 Å². The van der Waals surface area contributed by atoms with E-state index in [2.05, 4.69) is 22.2 Å². The van der Waals surface area contributed by atoms with Crippen molar-refractivity contribution in [1.29, 1.82) is 0 Å². The van der Waals surface area contributed by atoms with Gasteiger partial charge in [-0.3, -0.25) is 0 Å². The number of hydrogen-bond donors (Lipinski definition) is 1. The molecule has 0 aliphatic heterocycles. The third-order valence-corrected chi connectivity index (χ3v) is 1.96. The Kier molecular flexibility index (Phi) is 6.49. The second kappa shape index (κ2) is 8.17. The van der Waals surface area contributed by atoms with Gasteiger partial charge in [-0.2, -0.15) is 0 Å². The highest BCUT2D eigenvalue weighted by Crippen LogP contribution is 1.94. The van der Waals surface area contributed by atoms with Crippen LogP contribution in [0.3, 0.4) is 0 Å². The Morgan fingerprint density at radius 3 is 2.67 bits per heavy atom. The third kappa shape index (κ3) is 6.01. The van der Waals surface area contributed by atoms with E-state index in [4.69, 9.17) is 4.74 Å². The molecule has 84 valence electrons. The highest BCUT2D eigenvalue weighted by molar-refractivity contribution is 5.21. The van der Waals surface area contributed by atoms with Gasteiger partial charge >= 0.3 is 0 Å². The first-order chi connectivity index (χ1) is 7.43. The molecule has 0 unspecified atom stereocenters. The van der Waals surface area contributed by atoms with Crippen LogP contribution in [0.15, 0.2) is 18.5 Å². The summed E-state index contributed by atoms with van der Waals surface area (Å²) >= 11 is 0. The van der Waals surface area contributed by atoms with E-state index in [1.165, 1.54) is 6.42 Å². The van der Waals surface area contributed by atoms with Gasteiger partial charge in [0.1, 0.15) is 0 Å². The number of aromatic nitrogens is 2. The van der Waals surface area contributed by atoms with E-state index in [9.17, 15) is 0 Å². The average Bonchev–Trinajstić information content (AvgIpc) is 2.29. The predicted octanol–water partition coefficient (Wildman–Crippen LogP) is 2.10. The Bertz CT molecular complexity index is 241. The van der Waals surface area contributed by atoms with Crippen LogP contribution in [0.25, 0.3) is 0 Å². The maximum atomic E-state index is 5.43. The van der Waals surface area contributed by atoms with Crippen molar-refractivity contribution in [2.24, 2.45) is 0 Å². The van der Waals surface area contributed by atoms with Gasteiger partial charge in [-0.15, -0.1) is 0 Å². The summed E-state index contributed by atoms with van der Waals surface area (Å²) in [5.74, 6) is 0.686. The predicted molar refractivity (Wildman–Crippen MR) is 60.9 cm³/mol. The molecule has 0 aliphatic carbocycles. The Morgan fingerprint density at radius 2 is 1.93 bits per heavy atom. The lowest BCUT2D eigenvalue weighted by molar-refractivity contribution is 0.131. The van der Waals surface area contributed by atoms with Crippen molar-refractivity contribution >= 4 is 5.95 Å². The second-order valence-electron chi connectivity index (χ2n) is 3.32. The molecule has 1 rings (SSSR count).